The van der Waals surface area contributed by atoms with Crippen molar-refractivity contribution in [3.63, 3.8) is 0 Å². The van der Waals surface area contributed by atoms with Crippen LogP contribution in [0.1, 0.15) is 5.56 Å². The average Bonchev–Trinajstić information content (AvgIpc) is 2.35. The topological polar surface area (TPSA) is 72.0 Å². The van der Waals surface area contributed by atoms with Crippen LogP contribution in [-0.2, 0) is 10.0 Å². The largest absolute Gasteiger partial charge is 0.276 e. The Bertz CT molecular complexity index is 682. The quantitative estimate of drug-likeness (QED) is 0.883. The molecule has 0 saturated heterocycles. The summed E-state index contributed by atoms with van der Waals surface area (Å²) in [5.74, 6) is 0. The summed E-state index contributed by atoms with van der Waals surface area (Å²) in [6, 6.07) is 4.41. The van der Waals surface area contributed by atoms with Crippen LogP contribution >= 0.6 is 23.2 Å². The zero-order chi connectivity index (χ0) is 14.0. The van der Waals surface area contributed by atoms with Crippen LogP contribution in [0.2, 0.25) is 10.3 Å². The van der Waals surface area contributed by atoms with Crippen LogP contribution in [0.25, 0.3) is 0 Å². The highest BCUT2D eigenvalue weighted by Crippen LogP contribution is 2.25. The molecule has 2 heterocycles. The van der Waals surface area contributed by atoms with Crippen molar-refractivity contribution in [1.29, 1.82) is 0 Å². The number of rotatable bonds is 3. The van der Waals surface area contributed by atoms with Crippen LogP contribution in [0.3, 0.4) is 0 Å². The molecule has 0 aliphatic carbocycles. The highest BCUT2D eigenvalue weighted by Gasteiger charge is 2.17. The average molecular weight is 318 g/mol. The van der Waals surface area contributed by atoms with E-state index >= 15 is 0 Å². The maximum Gasteiger partial charge on any atom is 0.263 e. The number of hydrogen-bond donors (Lipinski definition) is 1. The molecule has 0 unspecified atom stereocenters. The van der Waals surface area contributed by atoms with E-state index in [0.717, 1.165) is 0 Å². The molecular weight excluding hydrogens is 309 g/mol. The Balaban J connectivity index is 2.39. The minimum Gasteiger partial charge on any atom is -0.276 e. The molecule has 19 heavy (non-hydrogen) atoms. The second-order valence-corrected chi connectivity index (χ2v) is 6.14. The SMILES string of the molecule is Cc1ccnc(Cl)c1NS(=O)(=O)c1ccc(Cl)nc1. The van der Waals surface area contributed by atoms with Crippen molar-refractivity contribution in [3.8, 4) is 0 Å². The fourth-order valence-electron chi connectivity index (χ4n) is 1.36. The Morgan fingerprint density at radius 2 is 1.89 bits per heavy atom. The second kappa shape index (κ2) is 5.32. The van der Waals surface area contributed by atoms with Gasteiger partial charge < -0.3 is 0 Å². The molecule has 2 rings (SSSR count). The second-order valence-electron chi connectivity index (χ2n) is 3.72. The number of pyridine rings is 2. The summed E-state index contributed by atoms with van der Waals surface area (Å²) in [5.41, 5.74) is 0.921. The number of sulfonamides is 1. The van der Waals surface area contributed by atoms with Crippen molar-refractivity contribution < 1.29 is 8.42 Å². The fraction of sp³-hybridized carbons (Fsp3) is 0.0909. The number of aromatic nitrogens is 2. The smallest absolute Gasteiger partial charge is 0.263 e. The van der Waals surface area contributed by atoms with Gasteiger partial charge in [-0.05, 0) is 30.7 Å². The Morgan fingerprint density at radius 3 is 2.47 bits per heavy atom. The molecule has 0 aliphatic rings. The Hall–Kier alpha value is -1.37. The van der Waals surface area contributed by atoms with Crippen molar-refractivity contribution in [1.82, 2.24) is 9.97 Å². The van der Waals surface area contributed by atoms with Crippen molar-refractivity contribution in [2.75, 3.05) is 4.72 Å². The normalized spacial score (nSPS) is 11.3. The third-order valence-corrected chi connectivity index (χ3v) is 4.21. The van der Waals surface area contributed by atoms with E-state index in [1.54, 1.807) is 13.0 Å². The molecule has 0 fully saturated rings. The molecule has 8 heteroatoms. The first-order valence-corrected chi connectivity index (χ1v) is 7.39. The number of nitrogens with zero attached hydrogens (tertiary/aromatic N) is 2. The molecule has 2 aromatic rings. The zero-order valence-corrected chi connectivity index (χ0v) is 12.1. The predicted octanol–water partition coefficient (Wildman–Crippen LogP) is 2.89. The van der Waals surface area contributed by atoms with E-state index in [1.165, 1.54) is 24.5 Å². The standard InChI is InChI=1S/C11H9Cl2N3O2S/c1-7-4-5-14-11(13)10(7)16-19(17,18)8-2-3-9(12)15-6-8/h2-6,16H,1H3. The van der Waals surface area contributed by atoms with E-state index in [0.29, 0.717) is 5.56 Å². The van der Waals surface area contributed by atoms with E-state index < -0.39 is 10.0 Å². The van der Waals surface area contributed by atoms with Gasteiger partial charge >= 0.3 is 0 Å². The monoisotopic (exact) mass is 317 g/mol. The first-order chi connectivity index (χ1) is 8.90. The van der Waals surface area contributed by atoms with Gasteiger partial charge in [-0.25, -0.2) is 18.4 Å². The lowest BCUT2D eigenvalue weighted by Gasteiger charge is -2.11. The highest BCUT2D eigenvalue weighted by atomic mass is 35.5. The van der Waals surface area contributed by atoms with E-state index in [4.69, 9.17) is 23.2 Å². The Kier molecular flexibility index (Phi) is 3.93. The van der Waals surface area contributed by atoms with E-state index in [-0.39, 0.29) is 20.9 Å². The van der Waals surface area contributed by atoms with Crippen LogP contribution in [0, 0.1) is 6.92 Å². The lowest BCUT2D eigenvalue weighted by molar-refractivity contribution is 0.600. The minimum atomic E-state index is -3.77. The third-order valence-electron chi connectivity index (χ3n) is 2.36. The van der Waals surface area contributed by atoms with Crippen molar-refractivity contribution >= 4 is 38.9 Å². The van der Waals surface area contributed by atoms with E-state index in [2.05, 4.69) is 14.7 Å². The molecule has 1 N–H and O–H groups in total. The summed E-state index contributed by atoms with van der Waals surface area (Å²) in [5, 5.41) is 0.306. The first kappa shape index (κ1) is 14.0. The van der Waals surface area contributed by atoms with Gasteiger partial charge in [0.05, 0.1) is 5.69 Å². The molecule has 2 aromatic heterocycles. The molecule has 0 bridgehead atoms. The predicted molar refractivity (Wildman–Crippen MR) is 74.0 cm³/mol. The molecule has 5 nitrogen and oxygen atoms in total. The van der Waals surface area contributed by atoms with Gasteiger partial charge in [0.1, 0.15) is 10.0 Å². The van der Waals surface area contributed by atoms with Gasteiger partial charge in [-0.2, -0.15) is 0 Å². The van der Waals surface area contributed by atoms with Gasteiger partial charge in [-0.3, -0.25) is 4.72 Å². The molecular formula is C11H9Cl2N3O2S. The van der Waals surface area contributed by atoms with Gasteiger partial charge in [0.2, 0.25) is 0 Å². The molecule has 0 saturated carbocycles. The third kappa shape index (κ3) is 3.15. The number of anilines is 1. The summed E-state index contributed by atoms with van der Waals surface area (Å²) in [6.07, 6.45) is 2.67. The minimum absolute atomic E-state index is 0.00350. The van der Waals surface area contributed by atoms with Crippen molar-refractivity contribution in [3.05, 3.63) is 46.5 Å². The lowest BCUT2D eigenvalue weighted by atomic mass is 10.3. The molecule has 100 valence electrons. The van der Waals surface area contributed by atoms with E-state index in [1.807, 2.05) is 0 Å². The van der Waals surface area contributed by atoms with Gasteiger partial charge in [-0.15, -0.1) is 0 Å². The van der Waals surface area contributed by atoms with Gasteiger partial charge in [0.15, 0.2) is 5.15 Å². The van der Waals surface area contributed by atoms with Gasteiger partial charge in [-0.1, -0.05) is 23.2 Å². The molecule has 0 spiro atoms. The summed E-state index contributed by atoms with van der Waals surface area (Å²) in [6.45, 7) is 1.73. The Labute approximate surface area is 120 Å². The number of hydrogen-bond acceptors (Lipinski definition) is 4. The van der Waals surface area contributed by atoms with E-state index in [9.17, 15) is 8.42 Å². The van der Waals surface area contributed by atoms with Crippen LogP contribution < -0.4 is 4.72 Å². The maximum atomic E-state index is 12.1. The summed E-state index contributed by atoms with van der Waals surface area (Å²) < 4.78 is 26.7. The van der Waals surface area contributed by atoms with Crippen molar-refractivity contribution in [2.45, 2.75) is 11.8 Å². The van der Waals surface area contributed by atoms with Crippen LogP contribution in [0.15, 0.2) is 35.5 Å². The van der Waals surface area contributed by atoms with Crippen LogP contribution in [0.5, 0.6) is 0 Å². The lowest BCUT2D eigenvalue weighted by Crippen LogP contribution is -2.14. The molecule has 0 aromatic carbocycles. The van der Waals surface area contributed by atoms with Gasteiger partial charge in [0, 0.05) is 12.4 Å². The first-order valence-electron chi connectivity index (χ1n) is 5.15. The van der Waals surface area contributed by atoms with Crippen molar-refractivity contribution in [2.24, 2.45) is 0 Å². The maximum absolute atomic E-state index is 12.1. The molecule has 0 atom stereocenters. The molecule has 0 aliphatic heterocycles. The number of halogens is 2. The number of nitrogens with one attached hydrogen (secondary N) is 1. The van der Waals surface area contributed by atoms with Crippen LogP contribution in [0.4, 0.5) is 5.69 Å². The van der Waals surface area contributed by atoms with Crippen LogP contribution in [-0.4, -0.2) is 18.4 Å². The highest BCUT2D eigenvalue weighted by molar-refractivity contribution is 7.92. The fourth-order valence-corrected chi connectivity index (χ4v) is 2.87. The number of aryl methyl sites for hydroxylation is 1. The molecule has 0 amide bonds. The Morgan fingerprint density at radius 1 is 1.16 bits per heavy atom. The summed E-state index contributed by atoms with van der Waals surface area (Å²) in [4.78, 5) is 7.56. The zero-order valence-electron chi connectivity index (χ0n) is 9.76. The molecule has 0 radical (unpaired) electrons. The summed E-state index contributed by atoms with van der Waals surface area (Å²) >= 11 is 11.5. The van der Waals surface area contributed by atoms with Gasteiger partial charge in [0.25, 0.3) is 10.0 Å². The summed E-state index contributed by atoms with van der Waals surface area (Å²) in [7, 11) is -3.77.